The molecule has 1 N–H and O–H groups in total. The molecule has 0 spiro atoms. The highest BCUT2D eigenvalue weighted by Crippen LogP contribution is 2.29. The van der Waals surface area contributed by atoms with Crippen LogP contribution in [-0.2, 0) is 22.3 Å². The minimum absolute atomic E-state index is 0.0222. The number of imide groups is 1. The van der Waals surface area contributed by atoms with Crippen LogP contribution in [-0.4, -0.2) is 17.9 Å². The summed E-state index contributed by atoms with van der Waals surface area (Å²) < 4.78 is 38.3. The molecule has 1 atom stereocenters. The first-order chi connectivity index (χ1) is 12.3. The predicted octanol–water partition coefficient (Wildman–Crippen LogP) is 3.44. The Morgan fingerprint density at radius 3 is 2.46 bits per heavy atom. The van der Waals surface area contributed by atoms with Crippen molar-refractivity contribution in [3.63, 3.8) is 0 Å². The van der Waals surface area contributed by atoms with Crippen LogP contribution in [0.1, 0.15) is 23.1 Å². The van der Waals surface area contributed by atoms with Crippen LogP contribution in [0.15, 0.2) is 48.5 Å². The van der Waals surface area contributed by atoms with E-state index in [2.05, 4.69) is 5.32 Å². The van der Waals surface area contributed by atoms with Crippen molar-refractivity contribution in [2.24, 2.45) is 0 Å². The Balaban J connectivity index is 1.69. The average Bonchev–Trinajstić information content (AvgIpc) is 2.87. The van der Waals surface area contributed by atoms with Crippen LogP contribution in [0.3, 0.4) is 0 Å². The molecule has 2 aromatic rings. The molecule has 0 unspecified atom stereocenters. The van der Waals surface area contributed by atoms with Crippen molar-refractivity contribution in [1.29, 1.82) is 0 Å². The minimum Gasteiger partial charge on any atom is -0.301 e. The monoisotopic (exact) mass is 362 g/mol. The van der Waals surface area contributed by atoms with E-state index >= 15 is 0 Å². The number of benzene rings is 2. The lowest BCUT2D eigenvalue weighted by molar-refractivity contribution is -0.137. The first-order valence-corrected chi connectivity index (χ1v) is 8.09. The van der Waals surface area contributed by atoms with Crippen molar-refractivity contribution in [1.82, 2.24) is 5.32 Å². The standard InChI is InChI=1S/C19H17F3N2O2/c1-12-5-7-15(8-6-12)24-17(25)10-16(18(24)26)23-11-13-3-2-4-14(9-13)19(20,21)22/h2-9,16,23H,10-11H2,1H3/t16-/m0/s1. The molecule has 1 saturated heterocycles. The van der Waals surface area contributed by atoms with Gasteiger partial charge < -0.3 is 5.32 Å². The van der Waals surface area contributed by atoms with E-state index < -0.39 is 23.7 Å². The summed E-state index contributed by atoms with van der Waals surface area (Å²) in [5.41, 5.74) is 1.15. The molecule has 7 heteroatoms. The number of aryl methyl sites for hydroxylation is 1. The van der Waals surface area contributed by atoms with Crippen molar-refractivity contribution in [2.45, 2.75) is 32.1 Å². The number of rotatable bonds is 4. The molecule has 1 aliphatic rings. The number of anilines is 1. The normalized spacial score (nSPS) is 17.8. The van der Waals surface area contributed by atoms with Crippen LogP contribution in [0.4, 0.5) is 18.9 Å². The molecule has 26 heavy (non-hydrogen) atoms. The fraction of sp³-hybridized carbons (Fsp3) is 0.263. The largest absolute Gasteiger partial charge is 0.416 e. The second-order valence-corrected chi connectivity index (χ2v) is 6.24. The van der Waals surface area contributed by atoms with Crippen LogP contribution in [0.2, 0.25) is 0 Å². The van der Waals surface area contributed by atoms with Gasteiger partial charge >= 0.3 is 6.18 Å². The molecule has 1 heterocycles. The molecule has 4 nitrogen and oxygen atoms in total. The fourth-order valence-electron chi connectivity index (χ4n) is 2.86. The average molecular weight is 362 g/mol. The summed E-state index contributed by atoms with van der Waals surface area (Å²) in [6.45, 7) is 1.96. The molecule has 1 aliphatic heterocycles. The number of hydrogen-bond acceptors (Lipinski definition) is 3. The van der Waals surface area contributed by atoms with E-state index in [1.54, 1.807) is 30.3 Å². The molecule has 0 bridgehead atoms. The molecule has 136 valence electrons. The van der Waals surface area contributed by atoms with Gasteiger partial charge in [0.2, 0.25) is 5.91 Å². The Morgan fingerprint density at radius 2 is 1.81 bits per heavy atom. The Hall–Kier alpha value is -2.67. The number of nitrogens with zero attached hydrogens (tertiary/aromatic N) is 1. The van der Waals surface area contributed by atoms with E-state index in [1.165, 1.54) is 6.07 Å². The van der Waals surface area contributed by atoms with Gasteiger partial charge in [-0.1, -0.05) is 35.9 Å². The predicted molar refractivity (Wildman–Crippen MR) is 90.4 cm³/mol. The Morgan fingerprint density at radius 1 is 1.12 bits per heavy atom. The van der Waals surface area contributed by atoms with Crippen LogP contribution >= 0.6 is 0 Å². The number of hydrogen-bond donors (Lipinski definition) is 1. The number of halogens is 3. The highest BCUT2D eigenvalue weighted by molar-refractivity contribution is 6.22. The van der Waals surface area contributed by atoms with E-state index in [-0.39, 0.29) is 18.9 Å². The van der Waals surface area contributed by atoms with Gasteiger partial charge in [-0.2, -0.15) is 13.2 Å². The number of amides is 2. The minimum atomic E-state index is -4.42. The van der Waals surface area contributed by atoms with E-state index in [4.69, 9.17) is 0 Å². The quantitative estimate of drug-likeness (QED) is 0.848. The van der Waals surface area contributed by atoms with Gasteiger partial charge in [0.15, 0.2) is 0 Å². The summed E-state index contributed by atoms with van der Waals surface area (Å²) in [7, 11) is 0. The second kappa shape index (κ2) is 6.92. The highest BCUT2D eigenvalue weighted by atomic mass is 19.4. The third kappa shape index (κ3) is 3.77. The summed E-state index contributed by atoms with van der Waals surface area (Å²) >= 11 is 0. The van der Waals surface area contributed by atoms with E-state index in [0.29, 0.717) is 11.3 Å². The van der Waals surface area contributed by atoms with E-state index in [9.17, 15) is 22.8 Å². The van der Waals surface area contributed by atoms with Crippen LogP contribution in [0.5, 0.6) is 0 Å². The smallest absolute Gasteiger partial charge is 0.301 e. The van der Waals surface area contributed by atoms with Crippen molar-refractivity contribution in [3.8, 4) is 0 Å². The second-order valence-electron chi connectivity index (χ2n) is 6.24. The van der Waals surface area contributed by atoms with Gasteiger partial charge in [0.25, 0.3) is 5.91 Å². The molecule has 1 fully saturated rings. The zero-order chi connectivity index (χ0) is 18.9. The summed E-state index contributed by atoms with van der Waals surface area (Å²) in [6.07, 6.45) is -4.44. The van der Waals surface area contributed by atoms with Gasteiger partial charge in [-0.3, -0.25) is 9.59 Å². The van der Waals surface area contributed by atoms with Gasteiger partial charge in [0.1, 0.15) is 0 Å². The van der Waals surface area contributed by atoms with Gasteiger partial charge in [-0.25, -0.2) is 4.90 Å². The molecule has 0 aliphatic carbocycles. The van der Waals surface area contributed by atoms with Gasteiger partial charge in [-0.05, 0) is 30.7 Å². The van der Waals surface area contributed by atoms with E-state index in [1.807, 2.05) is 6.92 Å². The molecule has 3 rings (SSSR count). The first kappa shape index (κ1) is 18.1. The van der Waals surface area contributed by atoms with Crippen molar-refractivity contribution in [2.75, 3.05) is 4.90 Å². The summed E-state index contributed by atoms with van der Waals surface area (Å²) in [6, 6.07) is 11.1. The Bertz CT molecular complexity index is 831. The SMILES string of the molecule is Cc1ccc(N2C(=O)C[C@H](NCc3cccc(C(F)(F)F)c3)C2=O)cc1. The summed E-state index contributed by atoms with van der Waals surface area (Å²) in [5.74, 6) is -0.730. The molecule has 2 amide bonds. The maximum absolute atomic E-state index is 12.8. The molecular formula is C19H17F3N2O2. The van der Waals surface area contributed by atoms with E-state index in [0.717, 1.165) is 22.6 Å². The van der Waals surface area contributed by atoms with Crippen molar-refractivity contribution in [3.05, 3.63) is 65.2 Å². The Kier molecular flexibility index (Phi) is 4.82. The lowest BCUT2D eigenvalue weighted by atomic mass is 10.1. The highest BCUT2D eigenvalue weighted by Gasteiger charge is 2.39. The topological polar surface area (TPSA) is 49.4 Å². The zero-order valence-corrected chi connectivity index (χ0v) is 14.0. The maximum atomic E-state index is 12.8. The lowest BCUT2D eigenvalue weighted by Gasteiger charge is -2.16. The molecule has 0 saturated carbocycles. The number of alkyl halides is 3. The first-order valence-electron chi connectivity index (χ1n) is 8.09. The number of nitrogens with one attached hydrogen (secondary N) is 1. The van der Waals surface area contributed by atoms with Crippen LogP contribution in [0.25, 0.3) is 0 Å². The van der Waals surface area contributed by atoms with Gasteiger partial charge in [0.05, 0.1) is 23.7 Å². The van der Waals surface area contributed by atoms with Crippen molar-refractivity contribution >= 4 is 17.5 Å². The van der Waals surface area contributed by atoms with Gasteiger partial charge in [0, 0.05) is 6.54 Å². The molecular weight excluding hydrogens is 345 g/mol. The summed E-state index contributed by atoms with van der Waals surface area (Å²) in [5, 5.41) is 2.89. The van der Waals surface area contributed by atoms with Crippen molar-refractivity contribution < 1.29 is 22.8 Å². The fourth-order valence-corrected chi connectivity index (χ4v) is 2.86. The van der Waals surface area contributed by atoms with Crippen LogP contribution < -0.4 is 10.2 Å². The number of carbonyl (C=O) groups excluding carboxylic acids is 2. The molecule has 0 aromatic heterocycles. The lowest BCUT2D eigenvalue weighted by Crippen LogP contribution is -2.38. The zero-order valence-electron chi connectivity index (χ0n) is 14.0. The number of carbonyl (C=O) groups is 2. The third-order valence-corrected chi connectivity index (χ3v) is 4.25. The van der Waals surface area contributed by atoms with Crippen LogP contribution in [0, 0.1) is 6.92 Å². The third-order valence-electron chi connectivity index (χ3n) is 4.25. The summed E-state index contributed by atoms with van der Waals surface area (Å²) in [4.78, 5) is 25.8. The Labute approximate surface area is 148 Å². The molecule has 0 radical (unpaired) electrons. The maximum Gasteiger partial charge on any atom is 0.416 e. The van der Waals surface area contributed by atoms with Gasteiger partial charge in [-0.15, -0.1) is 0 Å². The molecule has 2 aromatic carbocycles.